The van der Waals surface area contributed by atoms with E-state index in [1.807, 2.05) is 66.7 Å². The highest BCUT2D eigenvalue weighted by Crippen LogP contribution is 2.24. The van der Waals surface area contributed by atoms with Crippen LogP contribution in [-0.2, 0) is 4.79 Å². The monoisotopic (exact) mass is 348 g/mol. The first-order valence-corrected chi connectivity index (χ1v) is 8.24. The largest absolute Gasteiger partial charge is 0.495 e. The molecule has 2 N–H and O–H groups in total. The van der Waals surface area contributed by atoms with Gasteiger partial charge in [0, 0.05) is 5.69 Å². The predicted octanol–water partition coefficient (Wildman–Crippen LogP) is 4.54. The van der Waals surface area contributed by atoms with Gasteiger partial charge in [-0.3, -0.25) is 4.79 Å². The third kappa shape index (κ3) is 4.77. The van der Waals surface area contributed by atoms with E-state index in [4.69, 9.17) is 9.47 Å². The Balaban J connectivity index is 1.53. The maximum Gasteiger partial charge on any atom is 0.243 e. The fourth-order valence-electron chi connectivity index (χ4n) is 2.40. The lowest BCUT2D eigenvalue weighted by molar-refractivity contribution is -0.114. The van der Waals surface area contributed by atoms with Crippen LogP contribution >= 0.6 is 0 Å². The van der Waals surface area contributed by atoms with Gasteiger partial charge >= 0.3 is 0 Å². The van der Waals surface area contributed by atoms with Gasteiger partial charge in [-0.05, 0) is 48.5 Å². The highest BCUT2D eigenvalue weighted by Gasteiger charge is 2.06. The third-order valence-corrected chi connectivity index (χ3v) is 3.66. The molecule has 0 radical (unpaired) electrons. The molecule has 3 aromatic carbocycles. The number of carbonyl (C=O) groups excluding carboxylic acids is 1. The van der Waals surface area contributed by atoms with E-state index < -0.39 is 0 Å². The Labute approximate surface area is 152 Å². The Bertz CT molecular complexity index is 849. The summed E-state index contributed by atoms with van der Waals surface area (Å²) in [6, 6.07) is 24.2. The number of anilines is 2. The summed E-state index contributed by atoms with van der Waals surface area (Å²) in [6.07, 6.45) is 0. The summed E-state index contributed by atoms with van der Waals surface area (Å²) in [6.45, 7) is 0.142. The minimum Gasteiger partial charge on any atom is -0.495 e. The maximum absolute atomic E-state index is 12.1. The van der Waals surface area contributed by atoms with Crippen molar-refractivity contribution >= 4 is 17.3 Å². The fourth-order valence-corrected chi connectivity index (χ4v) is 2.40. The lowest BCUT2D eigenvalue weighted by Gasteiger charge is -2.11. The van der Waals surface area contributed by atoms with Crippen molar-refractivity contribution in [2.75, 3.05) is 24.3 Å². The van der Waals surface area contributed by atoms with E-state index in [0.717, 1.165) is 11.4 Å². The van der Waals surface area contributed by atoms with Crippen LogP contribution in [0.15, 0.2) is 78.9 Å². The number of hydrogen-bond acceptors (Lipinski definition) is 4. The second-order valence-electron chi connectivity index (χ2n) is 5.54. The normalized spacial score (nSPS) is 10.0. The van der Waals surface area contributed by atoms with Gasteiger partial charge in [-0.15, -0.1) is 0 Å². The predicted molar refractivity (Wildman–Crippen MR) is 103 cm³/mol. The molecule has 0 unspecified atom stereocenters. The molecule has 3 rings (SSSR count). The number of carbonyl (C=O) groups is 1. The summed E-state index contributed by atoms with van der Waals surface area (Å²) in [5.74, 6) is 2.03. The maximum atomic E-state index is 12.1. The van der Waals surface area contributed by atoms with Crippen LogP contribution in [0.2, 0.25) is 0 Å². The molecule has 0 aromatic heterocycles. The van der Waals surface area contributed by atoms with Gasteiger partial charge in [-0.1, -0.05) is 30.3 Å². The zero-order valence-corrected chi connectivity index (χ0v) is 14.4. The lowest BCUT2D eigenvalue weighted by atomic mass is 10.3. The topological polar surface area (TPSA) is 59.6 Å². The van der Waals surface area contributed by atoms with E-state index in [1.165, 1.54) is 0 Å². The number of para-hydroxylation sites is 3. The Hall–Kier alpha value is -3.47. The molecule has 132 valence electrons. The second kappa shape index (κ2) is 8.58. The molecule has 0 heterocycles. The Morgan fingerprint density at radius 3 is 2.23 bits per heavy atom. The van der Waals surface area contributed by atoms with E-state index in [-0.39, 0.29) is 12.5 Å². The molecule has 0 atom stereocenters. The fraction of sp³-hybridized carbons (Fsp3) is 0.0952. The van der Waals surface area contributed by atoms with Gasteiger partial charge in [0.15, 0.2) is 0 Å². The van der Waals surface area contributed by atoms with E-state index >= 15 is 0 Å². The number of rotatable bonds is 7. The molecule has 0 saturated heterocycles. The van der Waals surface area contributed by atoms with Crippen LogP contribution in [0.4, 0.5) is 11.4 Å². The average Bonchev–Trinajstić information content (AvgIpc) is 2.69. The van der Waals surface area contributed by atoms with Crippen molar-refractivity contribution in [3.05, 3.63) is 78.9 Å². The SMILES string of the molecule is COc1ccccc1NCC(=O)Nc1ccc(Oc2ccccc2)cc1. The van der Waals surface area contributed by atoms with Crippen molar-refractivity contribution in [1.82, 2.24) is 0 Å². The number of hydrogen-bond donors (Lipinski definition) is 2. The Morgan fingerprint density at radius 2 is 1.50 bits per heavy atom. The van der Waals surface area contributed by atoms with Gasteiger partial charge in [-0.2, -0.15) is 0 Å². The lowest BCUT2D eigenvalue weighted by Crippen LogP contribution is -2.21. The van der Waals surface area contributed by atoms with Crippen molar-refractivity contribution < 1.29 is 14.3 Å². The zero-order chi connectivity index (χ0) is 18.2. The van der Waals surface area contributed by atoms with Crippen LogP contribution in [0.1, 0.15) is 0 Å². The van der Waals surface area contributed by atoms with Gasteiger partial charge < -0.3 is 20.1 Å². The summed E-state index contributed by atoms with van der Waals surface area (Å²) >= 11 is 0. The first kappa shape index (κ1) is 17.4. The summed E-state index contributed by atoms with van der Waals surface area (Å²) in [5, 5.41) is 5.91. The molecule has 0 spiro atoms. The summed E-state index contributed by atoms with van der Waals surface area (Å²) in [5.41, 5.74) is 1.48. The van der Waals surface area contributed by atoms with Crippen LogP contribution in [0.5, 0.6) is 17.2 Å². The Morgan fingerprint density at radius 1 is 0.846 bits per heavy atom. The van der Waals surface area contributed by atoms with Crippen LogP contribution < -0.4 is 20.1 Å². The number of nitrogens with one attached hydrogen (secondary N) is 2. The van der Waals surface area contributed by atoms with Crippen LogP contribution in [0.25, 0.3) is 0 Å². The number of benzene rings is 3. The molecule has 26 heavy (non-hydrogen) atoms. The number of ether oxygens (including phenoxy) is 2. The van der Waals surface area contributed by atoms with Gasteiger partial charge in [0.1, 0.15) is 17.2 Å². The third-order valence-electron chi connectivity index (χ3n) is 3.66. The highest BCUT2D eigenvalue weighted by atomic mass is 16.5. The zero-order valence-electron chi connectivity index (χ0n) is 14.4. The number of amides is 1. The Kier molecular flexibility index (Phi) is 5.72. The molecule has 0 saturated carbocycles. The minimum absolute atomic E-state index is 0.142. The van der Waals surface area contributed by atoms with Crippen molar-refractivity contribution in [2.24, 2.45) is 0 Å². The first-order chi connectivity index (χ1) is 12.7. The first-order valence-electron chi connectivity index (χ1n) is 8.24. The molecule has 0 aliphatic heterocycles. The van der Waals surface area contributed by atoms with Crippen molar-refractivity contribution in [3.63, 3.8) is 0 Å². The van der Waals surface area contributed by atoms with Crippen LogP contribution in [0, 0.1) is 0 Å². The molecule has 0 aliphatic rings. The van der Waals surface area contributed by atoms with E-state index in [1.54, 1.807) is 19.2 Å². The van der Waals surface area contributed by atoms with Gasteiger partial charge in [0.2, 0.25) is 5.91 Å². The second-order valence-corrected chi connectivity index (χ2v) is 5.54. The molecule has 1 amide bonds. The standard InChI is InChI=1S/C21H20N2O3/c1-25-20-10-6-5-9-19(20)22-15-21(24)23-16-11-13-18(14-12-16)26-17-7-3-2-4-8-17/h2-14,22H,15H2,1H3,(H,23,24). The molecular formula is C21H20N2O3. The van der Waals surface area contributed by atoms with Gasteiger partial charge in [0.05, 0.1) is 19.3 Å². The molecule has 0 bridgehead atoms. The van der Waals surface area contributed by atoms with E-state index in [0.29, 0.717) is 17.2 Å². The molecule has 5 heteroatoms. The minimum atomic E-state index is -0.146. The number of methoxy groups -OCH3 is 1. The highest BCUT2D eigenvalue weighted by molar-refractivity contribution is 5.94. The molecule has 5 nitrogen and oxygen atoms in total. The molecule has 0 fully saturated rings. The van der Waals surface area contributed by atoms with E-state index in [9.17, 15) is 4.79 Å². The van der Waals surface area contributed by atoms with Gasteiger partial charge in [0.25, 0.3) is 0 Å². The van der Waals surface area contributed by atoms with E-state index in [2.05, 4.69) is 10.6 Å². The molecule has 0 aliphatic carbocycles. The summed E-state index contributed by atoms with van der Waals surface area (Å²) < 4.78 is 11.0. The quantitative estimate of drug-likeness (QED) is 0.658. The summed E-state index contributed by atoms with van der Waals surface area (Å²) in [4.78, 5) is 12.1. The van der Waals surface area contributed by atoms with Crippen LogP contribution in [0.3, 0.4) is 0 Å². The molecule has 3 aromatic rings. The van der Waals surface area contributed by atoms with Crippen molar-refractivity contribution in [2.45, 2.75) is 0 Å². The smallest absolute Gasteiger partial charge is 0.243 e. The van der Waals surface area contributed by atoms with Crippen LogP contribution in [-0.4, -0.2) is 19.6 Å². The van der Waals surface area contributed by atoms with Crippen molar-refractivity contribution in [1.29, 1.82) is 0 Å². The van der Waals surface area contributed by atoms with Crippen molar-refractivity contribution in [3.8, 4) is 17.2 Å². The summed E-state index contributed by atoms with van der Waals surface area (Å²) in [7, 11) is 1.60. The molecular weight excluding hydrogens is 328 g/mol. The average molecular weight is 348 g/mol. The van der Waals surface area contributed by atoms with Gasteiger partial charge in [-0.25, -0.2) is 0 Å².